The lowest BCUT2D eigenvalue weighted by Crippen LogP contribution is -2.04. The van der Waals surface area contributed by atoms with Crippen LogP contribution in [0.4, 0.5) is 5.82 Å². The number of oxazole rings is 1. The zero-order valence-corrected chi connectivity index (χ0v) is 22.3. The molecule has 0 radical (unpaired) electrons. The topological polar surface area (TPSA) is 160 Å². The molecule has 0 amide bonds. The molecule has 0 spiro atoms. The van der Waals surface area contributed by atoms with E-state index in [-0.39, 0.29) is 30.2 Å². The third kappa shape index (κ3) is 5.75. The van der Waals surface area contributed by atoms with Crippen LogP contribution in [-0.4, -0.2) is 42.5 Å². The third-order valence-electron chi connectivity index (χ3n) is 5.79. The van der Waals surface area contributed by atoms with Gasteiger partial charge in [0.25, 0.3) is 0 Å². The lowest BCUT2D eigenvalue weighted by atomic mass is 9.97. The molecule has 4 aromatic rings. The highest BCUT2D eigenvalue weighted by atomic mass is 32.2. The van der Waals surface area contributed by atoms with Gasteiger partial charge in [-0.2, -0.15) is 10.5 Å². The van der Waals surface area contributed by atoms with Crippen molar-refractivity contribution >= 4 is 17.6 Å². The third-order valence-corrected chi connectivity index (χ3v) is 6.77. The normalized spacial score (nSPS) is 10.5. The van der Waals surface area contributed by atoms with E-state index in [0.717, 1.165) is 5.56 Å². The van der Waals surface area contributed by atoms with Gasteiger partial charge in [0.2, 0.25) is 5.89 Å². The highest BCUT2D eigenvalue weighted by molar-refractivity contribution is 7.98. The van der Waals surface area contributed by atoms with Gasteiger partial charge in [-0.1, -0.05) is 23.9 Å². The molecular weight excluding hydrogens is 518 g/mol. The molecule has 2 heterocycles. The van der Waals surface area contributed by atoms with Crippen LogP contribution in [0.15, 0.2) is 51.9 Å². The number of hydrogen-bond acceptors (Lipinski definition) is 11. The molecule has 11 heteroatoms. The number of methoxy groups -OCH3 is 2. The Morgan fingerprint density at radius 1 is 0.974 bits per heavy atom. The number of nitrogens with zero attached hydrogens (tertiary/aromatic N) is 4. The summed E-state index contributed by atoms with van der Waals surface area (Å²) < 4.78 is 22.0. The van der Waals surface area contributed by atoms with Crippen molar-refractivity contribution < 1.29 is 23.7 Å². The molecule has 0 bridgehead atoms. The number of aliphatic hydroxyl groups excluding tert-OH is 1. The average molecular weight is 544 g/mol. The highest BCUT2D eigenvalue weighted by Crippen LogP contribution is 2.38. The summed E-state index contributed by atoms with van der Waals surface area (Å²) in [5.41, 5.74) is 8.91. The van der Waals surface area contributed by atoms with Crippen LogP contribution in [0.25, 0.3) is 22.6 Å². The summed E-state index contributed by atoms with van der Waals surface area (Å²) in [6.45, 7) is 1.86. The minimum atomic E-state index is -0.110. The number of nitrogens with two attached hydrogens (primary N) is 1. The Balaban J connectivity index is 1.65. The van der Waals surface area contributed by atoms with Gasteiger partial charge >= 0.3 is 0 Å². The quantitative estimate of drug-likeness (QED) is 0.266. The maximum Gasteiger partial charge on any atom is 0.226 e. The smallest absolute Gasteiger partial charge is 0.226 e. The summed E-state index contributed by atoms with van der Waals surface area (Å²) in [5, 5.41) is 29.2. The van der Waals surface area contributed by atoms with E-state index >= 15 is 0 Å². The van der Waals surface area contributed by atoms with Crippen molar-refractivity contribution in [3.05, 3.63) is 65.0 Å². The van der Waals surface area contributed by atoms with Gasteiger partial charge in [-0.25, -0.2) is 9.97 Å². The largest absolute Gasteiger partial charge is 0.493 e. The van der Waals surface area contributed by atoms with Crippen LogP contribution in [0.2, 0.25) is 0 Å². The van der Waals surface area contributed by atoms with Gasteiger partial charge in [0.15, 0.2) is 11.5 Å². The number of hydrogen-bond donors (Lipinski definition) is 2. The summed E-state index contributed by atoms with van der Waals surface area (Å²) in [6, 6.07) is 16.5. The molecular formula is C28H25N5O5S. The standard InChI is InChI=1S/C28H25N5O5S/c1-16-22(32-27(38-16)18-6-9-23(35-2)24(12-18)36-3)15-39-28-21(14-30)25(20(13-29)26(31)33-28)17-4-7-19(8-5-17)37-11-10-34/h4-9,12,34H,10-11,15H2,1-3H3,(H2,31,33). The van der Waals surface area contributed by atoms with Crippen LogP contribution < -0.4 is 19.9 Å². The van der Waals surface area contributed by atoms with Crippen molar-refractivity contribution in [2.24, 2.45) is 0 Å². The number of aliphatic hydroxyl groups is 1. The fraction of sp³-hybridized carbons (Fsp3) is 0.214. The molecule has 0 saturated carbocycles. The van der Waals surface area contributed by atoms with E-state index in [0.29, 0.717) is 56.5 Å². The van der Waals surface area contributed by atoms with Crippen LogP contribution >= 0.6 is 11.8 Å². The Bertz CT molecular complexity index is 1570. The fourth-order valence-electron chi connectivity index (χ4n) is 3.86. The van der Waals surface area contributed by atoms with Gasteiger partial charge in [-0.05, 0) is 42.8 Å². The second-order valence-corrected chi connectivity index (χ2v) is 9.09. The Labute approximate surface area is 229 Å². The number of benzene rings is 2. The second kappa shape index (κ2) is 12.2. The van der Waals surface area contributed by atoms with Crippen molar-refractivity contribution in [2.45, 2.75) is 17.7 Å². The van der Waals surface area contributed by atoms with Gasteiger partial charge in [0, 0.05) is 16.9 Å². The van der Waals surface area contributed by atoms with Gasteiger partial charge in [-0.15, -0.1) is 0 Å². The zero-order valence-electron chi connectivity index (χ0n) is 21.5. The first-order valence-corrected chi connectivity index (χ1v) is 12.7. The first kappa shape index (κ1) is 27.3. The molecule has 4 rings (SSSR count). The van der Waals surface area contributed by atoms with Gasteiger partial charge in [-0.3, -0.25) is 0 Å². The predicted octanol–water partition coefficient (Wildman–Crippen LogP) is 4.72. The van der Waals surface area contributed by atoms with E-state index in [1.807, 2.05) is 13.0 Å². The van der Waals surface area contributed by atoms with Crippen LogP contribution in [0.5, 0.6) is 17.2 Å². The molecule has 2 aromatic heterocycles. The van der Waals surface area contributed by atoms with Crippen LogP contribution in [0.3, 0.4) is 0 Å². The summed E-state index contributed by atoms with van der Waals surface area (Å²) in [6.07, 6.45) is 0. The van der Waals surface area contributed by atoms with E-state index in [1.165, 1.54) is 11.8 Å². The fourth-order valence-corrected chi connectivity index (χ4v) is 4.86. The zero-order chi connectivity index (χ0) is 27.9. The minimum absolute atomic E-state index is 0.0255. The molecule has 198 valence electrons. The van der Waals surface area contributed by atoms with Crippen LogP contribution in [-0.2, 0) is 5.75 Å². The molecule has 0 aliphatic rings. The molecule has 0 atom stereocenters. The molecule has 0 aliphatic carbocycles. The minimum Gasteiger partial charge on any atom is -0.493 e. The number of aromatic nitrogens is 2. The Kier molecular flexibility index (Phi) is 8.56. The molecule has 0 saturated heterocycles. The van der Waals surface area contributed by atoms with Crippen molar-refractivity contribution in [1.29, 1.82) is 10.5 Å². The molecule has 10 nitrogen and oxygen atoms in total. The number of ether oxygens (including phenoxy) is 3. The maximum absolute atomic E-state index is 10.1. The van der Waals surface area contributed by atoms with Gasteiger partial charge < -0.3 is 29.5 Å². The van der Waals surface area contributed by atoms with E-state index < -0.39 is 0 Å². The monoisotopic (exact) mass is 543 g/mol. The van der Waals surface area contributed by atoms with E-state index in [1.54, 1.807) is 50.6 Å². The molecule has 0 aliphatic heterocycles. The summed E-state index contributed by atoms with van der Waals surface area (Å²) in [7, 11) is 3.12. The molecule has 2 aromatic carbocycles. The molecule has 39 heavy (non-hydrogen) atoms. The highest BCUT2D eigenvalue weighted by Gasteiger charge is 2.22. The summed E-state index contributed by atoms with van der Waals surface area (Å²) in [4.78, 5) is 9.01. The first-order chi connectivity index (χ1) is 18.9. The lowest BCUT2D eigenvalue weighted by molar-refractivity contribution is 0.201. The van der Waals surface area contributed by atoms with Gasteiger partial charge in [0.05, 0.1) is 32.1 Å². The number of rotatable bonds is 10. The molecule has 0 unspecified atom stereocenters. The number of thioether (sulfide) groups is 1. The SMILES string of the molecule is COc1ccc(-c2nc(CSc3nc(N)c(C#N)c(-c4ccc(OCCO)cc4)c3C#N)c(C)o2)cc1OC. The van der Waals surface area contributed by atoms with E-state index in [4.69, 9.17) is 29.5 Å². The van der Waals surface area contributed by atoms with E-state index in [9.17, 15) is 10.5 Å². The summed E-state index contributed by atoms with van der Waals surface area (Å²) in [5.74, 6) is 3.11. The van der Waals surface area contributed by atoms with Crippen molar-refractivity contribution in [2.75, 3.05) is 33.2 Å². The number of anilines is 1. The number of nitriles is 2. The molecule has 3 N–H and O–H groups in total. The summed E-state index contributed by atoms with van der Waals surface area (Å²) >= 11 is 1.27. The van der Waals surface area contributed by atoms with Crippen molar-refractivity contribution in [3.63, 3.8) is 0 Å². The Morgan fingerprint density at radius 3 is 2.31 bits per heavy atom. The van der Waals surface area contributed by atoms with Gasteiger partial charge in [0.1, 0.15) is 46.7 Å². The predicted molar refractivity (Wildman–Crippen MR) is 145 cm³/mol. The Hall–Kier alpha value is -4.71. The average Bonchev–Trinajstić information content (AvgIpc) is 3.34. The first-order valence-electron chi connectivity index (χ1n) is 11.7. The lowest BCUT2D eigenvalue weighted by Gasteiger charge is -2.13. The number of aryl methyl sites for hydroxylation is 1. The number of nitrogen functional groups attached to an aromatic ring is 1. The number of pyridine rings is 1. The maximum atomic E-state index is 10.1. The van der Waals surface area contributed by atoms with Crippen molar-refractivity contribution in [3.8, 4) is 52.0 Å². The van der Waals surface area contributed by atoms with Crippen LogP contribution in [0, 0.1) is 29.6 Å². The van der Waals surface area contributed by atoms with Crippen molar-refractivity contribution in [1.82, 2.24) is 9.97 Å². The second-order valence-electron chi connectivity index (χ2n) is 8.13. The Morgan fingerprint density at radius 2 is 1.67 bits per heavy atom. The molecule has 0 fully saturated rings. The van der Waals surface area contributed by atoms with Crippen LogP contribution in [0.1, 0.15) is 22.6 Å². The van der Waals surface area contributed by atoms with E-state index in [2.05, 4.69) is 22.1 Å².